The highest BCUT2D eigenvalue weighted by atomic mass is 35.5. The van der Waals surface area contributed by atoms with E-state index in [-0.39, 0.29) is 30.9 Å². The van der Waals surface area contributed by atoms with Crippen molar-refractivity contribution in [2.45, 2.75) is 54.3 Å². The van der Waals surface area contributed by atoms with E-state index in [1.807, 2.05) is 66.7 Å². The summed E-state index contributed by atoms with van der Waals surface area (Å²) in [6.45, 7) is 10.5. The summed E-state index contributed by atoms with van der Waals surface area (Å²) in [6, 6.07) is 25.0. The fraction of sp³-hybridized carbons (Fsp3) is 0.359. The zero-order valence-corrected chi connectivity index (χ0v) is 28.8. The third-order valence-electron chi connectivity index (χ3n) is 10.2. The largest absolute Gasteiger partial charge is 0.394 e. The predicted octanol–water partition coefficient (Wildman–Crippen LogP) is 6.16. The molecule has 3 aliphatic rings. The van der Waals surface area contributed by atoms with Crippen molar-refractivity contribution >= 4 is 46.8 Å². The van der Waals surface area contributed by atoms with Crippen LogP contribution >= 0.6 is 23.4 Å². The van der Waals surface area contributed by atoms with Crippen LogP contribution in [0.15, 0.2) is 110 Å². The number of amides is 3. The minimum atomic E-state index is -0.932. The Morgan fingerprint density at radius 3 is 2.21 bits per heavy atom. The van der Waals surface area contributed by atoms with E-state index in [1.54, 1.807) is 56.8 Å². The molecule has 1 N–H and O–H groups in total. The summed E-state index contributed by atoms with van der Waals surface area (Å²) >= 11 is 8.28. The topological polar surface area (TPSA) is 81.2 Å². The van der Waals surface area contributed by atoms with E-state index in [0.29, 0.717) is 43.1 Å². The highest BCUT2D eigenvalue weighted by Gasteiger charge is 2.78. The molecular weight excluding hydrogens is 642 g/mol. The molecule has 6 atom stereocenters. The molecule has 3 aromatic carbocycles. The first-order valence-corrected chi connectivity index (χ1v) is 17.7. The number of aliphatic hydroxyl groups is 1. The van der Waals surface area contributed by atoms with E-state index in [9.17, 15) is 9.90 Å². The molecule has 0 radical (unpaired) electrons. The van der Waals surface area contributed by atoms with Gasteiger partial charge in [-0.25, -0.2) is 0 Å². The molecule has 0 saturated carbocycles. The van der Waals surface area contributed by atoms with E-state index in [1.165, 1.54) is 0 Å². The van der Waals surface area contributed by atoms with Crippen molar-refractivity contribution in [3.8, 4) is 0 Å². The second kappa shape index (κ2) is 13.9. The minimum absolute atomic E-state index is 0.112. The van der Waals surface area contributed by atoms with Crippen LogP contribution in [0.2, 0.25) is 5.02 Å². The number of carbonyl (C=O) groups excluding carboxylic acids is 3. The van der Waals surface area contributed by atoms with Crippen molar-refractivity contribution in [2.24, 2.45) is 11.8 Å². The van der Waals surface area contributed by atoms with Crippen LogP contribution in [0.5, 0.6) is 0 Å². The standard InChI is InChI=1S/C39H42ClN3O4S/c1-4-22-41(25-28-16-10-7-11-17-28)35(45)32-33-36(46)43(29(26-44)24-27-14-8-6-9-15-27)34(39(33)21-20-38(32,3)48-39)37(47)42(23-5-2)31-19-13-12-18-30(31)40/h4-19,29,32-34,44H,1-2,20-26H2,3H3/t29-,32+,33+,34?,38-,39?/m1/s1. The van der Waals surface area contributed by atoms with Crippen molar-refractivity contribution in [3.05, 3.63) is 126 Å². The second-order valence-electron chi connectivity index (χ2n) is 13.2. The lowest BCUT2D eigenvalue weighted by Gasteiger charge is -2.40. The molecule has 3 fully saturated rings. The van der Waals surface area contributed by atoms with Crippen LogP contribution in [0.25, 0.3) is 0 Å². The Labute approximate surface area is 292 Å². The Hall–Kier alpha value is -3.85. The molecule has 2 unspecified atom stereocenters. The van der Waals surface area contributed by atoms with Crippen LogP contribution in [-0.4, -0.2) is 73.9 Å². The molecule has 250 valence electrons. The fourth-order valence-corrected chi connectivity index (χ4v) is 10.8. The molecule has 3 saturated heterocycles. The summed E-state index contributed by atoms with van der Waals surface area (Å²) in [4.78, 5) is 49.9. The van der Waals surface area contributed by atoms with Crippen LogP contribution < -0.4 is 4.90 Å². The van der Waals surface area contributed by atoms with E-state index in [4.69, 9.17) is 11.6 Å². The van der Waals surface area contributed by atoms with Gasteiger partial charge in [-0.2, -0.15) is 0 Å². The second-order valence-corrected chi connectivity index (χ2v) is 15.5. The van der Waals surface area contributed by atoms with E-state index in [2.05, 4.69) is 20.1 Å². The van der Waals surface area contributed by atoms with Gasteiger partial charge >= 0.3 is 0 Å². The first kappa shape index (κ1) is 34.0. The van der Waals surface area contributed by atoms with Gasteiger partial charge in [-0.3, -0.25) is 14.4 Å². The number of hydrogen-bond donors (Lipinski definition) is 1. The predicted molar refractivity (Wildman–Crippen MR) is 193 cm³/mol. The number of carbonyl (C=O) groups is 3. The highest BCUT2D eigenvalue weighted by Crippen LogP contribution is 2.72. The van der Waals surface area contributed by atoms with Gasteiger partial charge in [0.2, 0.25) is 11.8 Å². The lowest BCUT2D eigenvalue weighted by molar-refractivity contribution is -0.146. The zero-order valence-electron chi connectivity index (χ0n) is 27.2. The average molecular weight is 684 g/mol. The van der Waals surface area contributed by atoms with E-state index in [0.717, 1.165) is 11.1 Å². The van der Waals surface area contributed by atoms with Crippen LogP contribution in [-0.2, 0) is 27.3 Å². The van der Waals surface area contributed by atoms with Gasteiger partial charge in [0.1, 0.15) is 6.04 Å². The number of aliphatic hydroxyl groups excluding tert-OH is 1. The lowest BCUT2D eigenvalue weighted by atomic mass is 9.66. The summed E-state index contributed by atoms with van der Waals surface area (Å²) in [6.07, 6.45) is 5.00. The third kappa shape index (κ3) is 5.88. The number of halogens is 1. The number of likely N-dealkylation sites (tertiary alicyclic amines) is 1. The van der Waals surface area contributed by atoms with Crippen molar-refractivity contribution in [1.82, 2.24) is 9.80 Å². The molecule has 2 bridgehead atoms. The Morgan fingerprint density at radius 2 is 1.58 bits per heavy atom. The monoisotopic (exact) mass is 683 g/mol. The molecule has 3 aromatic rings. The lowest BCUT2D eigenvalue weighted by Crippen LogP contribution is -2.58. The number of fused-ring (bicyclic) bond motifs is 1. The van der Waals surface area contributed by atoms with Gasteiger partial charge in [-0.1, -0.05) is 96.5 Å². The Kier molecular flexibility index (Phi) is 9.88. The summed E-state index contributed by atoms with van der Waals surface area (Å²) in [7, 11) is 0. The quantitative estimate of drug-likeness (QED) is 0.219. The first-order valence-electron chi connectivity index (χ1n) is 16.5. The first-order chi connectivity index (χ1) is 23.2. The Bertz CT molecular complexity index is 1690. The SMILES string of the molecule is C=CCN(Cc1ccccc1)C(=O)[C@@H]1[C@H]2C(=O)N([C@@H](CO)Cc3ccccc3)C(C(=O)N(CC=C)c3ccccc3Cl)C23CC[C@@]1(C)S3. The van der Waals surface area contributed by atoms with Crippen LogP contribution in [0.4, 0.5) is 5.69 Å². The van der Waals surface area contributed by atoms with Crippen molar-refractivity contribution in [1.29, 1.82) is 0 Å². The number of nitrogens with zero attached hydrogens (tertiary/aromatic N) is 3. The van der Waals surface area contributed by atoms with Gasteiger partial charge < -0.3 is 19.8 Å². The van der Waals surface area contributed by atoms with Crippen molar-refractivity contribution in [3.63, 3.8) is 0 Å². The fourth-order valence-electron chi connectivity index (χ4n) is 8.19. The number of thioether (sulfide) groups is 1. The smallest absolute Gasteiger partial charge is 0.251 e. The average Bonchev–Trinajstić information content (AvgIpc) is 3.67. The number of para-hydroxylation sites is 1. The number of hydrogen-bond acceptors (Lipinski definition) is 5. The number of anilines is 1. The molecule has 1 spiro atoms. The van der Waals surface area contributed by atoms with Crippen molar-refractivity contribution in [2.75, 3.05) is 24.6 Å². The van der Waals surface area contributed by atoms with Crippen molar-refractivity contribution < 1.29 is 19.5 Å². The zero-order chi connectivity index (χ0) is 34.1. The van der Waals surface area contributed by atoms with Gasteiger partial charge in [0, 0.05) is 24.4 Å². The molecular formula is C39H42ClN3O4S. The van der Waals surface area contributed by atoms with Crippen LogP contribution in [0.1, 0.15) is 30.9 Å². The molecule has 0 aromatic heterocycles. The van der Waals surface area contributed by atoms with Gasteiger partial charge in [-0.15, -0.1) is 24.9 Å². The van der Waals surface area contributed by atoms with Gasteiger partial charge in [0.25, 0.3) is 5.91 Å². The number of benzene rings is 3. The maximum absolute atomic E-state index is 15.1. The third-order valence-corrected chi connectivity index (χ3v) is 12.5. The maximum Gasteiger partial charge on any atom is 0.251 e. The molecule has 9 heteroatoms. The highest BCUT2D eigenvalue weighted by molar-refractivity contribution is 8.02. The van der Waals surface area contributed by atoms with Gasteiger partial charge in [-0.05, 0) is 49.4 Å². The normalized spacial score (nSPS) is 26.2. The van der Waals surface area contributed by atoms with Crippen LogP contribution in [0.3, 0.4) is 0 Å². The molecule has 3 amide bonds. The molecule has 48 heavy (non-hydrogen) atoms. The van der Waals surface area contributed by atoms with Gasteiger partial charge in [0.15, 0.2) is 0 Å². The maximum atomic E-state index is 15.1. The molecule has 6 rings (SSSR count). The Balaban J connectivity index is 1.46. The molecule has 7 nitrogen and oxygen atoms in total. The summed E-state index contributed by atoms with van der Waals surface area (Å²) in [5.41, 5.74) is 2.45. The summed E-state index contributed by atoms with van der Waals surface area (Å²) in [5, 5.41) is 11.3. The molecule has 3 heterocycles. The van der Waals surface area contributed by atoms with Gasteiger partial charge in [0.05, 0.1) is 39.9 Å². The molecule has 3 aliphatic heterocycles. The summed E-state index contributed by atoms with van der Waals surface area (Å²) < 4.78 is -1.43. The van der Waals surface area contributed by atoms with Crippen LogP contribution in [0, 0.1) is 11.8 Å². The number of rotatable bonds is 13. The van der Waals surface area contributed by atoms with E-state index >= 15 is 9.59 Å². The molecule has 0 aliphatic carbocycles. The minimum Gasteiger partial charge on any atom is -0.394 e. The van der Waals surface area contributed by atoms with E-state index < -0.39 is 33.4 Å². The Morgan fingerprint density at radius 1 is 0.958 bits per heavy atom. The summed E-state index contributed by atoms with van der Waals surface area (Å²) in [5.74, 6) is -2.06.